The fourth-order valence-electron chi connectivity index (χ4n) is 2.29. The second-order valence-electron chi connectivity index (χ2n) is 7.07. The van der Waals surface area contributed by atoms with Crippen LogP contribution in [0.5, 0.6) is 0 Å². The van der Waals surface area contributed by atoms with E-state index in [-0.39, 0.29) is 0 Å². The van der Waals surface area contributed by atoms with Crippen LogP contribution in [-0.2, 0) is 0 Å². The predicted molar refractivity (Wildman–Crippen MR) is 104 cm³/mol. The van der Waals surface area contributed by atoms with Crippen molar-refractivity contribution >= 4 is 12.4 Å². The minimum atomic E-state index is 0.452. The highest BCUT2D eigenvalue weighted by molar-refractivity contribution is 5.84. The highest BCUT2D eigenvalue weighted by atomic mass is 14.7. The standard InChI is InChI=1S/C21H34N2/c1-5-7-8-15-22-17-19-10-12-20(13-11-19)18-23-16-9-14-21(3,4)6-2/h10-13,17-18H,5-9,14-16H2,1-4H3/b22-17+,23-18+. The van der Waals surface area contributed by atoms with Gasteiger partial charge in [-0.05, 0) is 35.8 Å². The van der Waals surface area contributed by atoms with Gasteiger partial charge in [-0.2, -0.15) is 0 Å². The molecule has 0 bridgehead atoms. The van der Waals surface area contributed by atoms with Gasteiger partial charge in [0.2, 0.25) is 0 Å². The van der Waals surface area contributed by atoms with E-state index in [4.69, 9.17) is 0 Å². The first-order chi connectivity index (χ1) is 11.1. The lowest BCUT2D eigenvalue weighted by Gasteiger charge is -2.21. The van der Waals surface area contributed by atoms with Gasteiger partial charge in [-0.15, -0.1) is 0 Å². The molecule has 0 aliphatic carbocycles. The van der Waals surface area contributed by atoms with E-state index in [0.29, 0.717) is 5.41 Å². The lowest BCUT2D eigenvalue weighted by molar-refractivity contribution is 0.315. The molecular weight excluding hydrogens is 280 g/mol. The van der Waals surface area contributed by atoms with E-state index in [1.807, 2.05) is 12.4 Å². The van der Waals surface area contributed by atoms with Crippen LogP contribution in [0.1, 0.15) is 77.3 Å². The highest BCUT2D eigenvalue weighted by Gasteiger charge is 2.13. The molecule has 0 heterocycles. The number of nitrogens with zero attached hydrogens (tertiary/aromatic N) is 2. The van der Waals surface area contributed by atoms with Gasteiger partial charge in [-0.25, -0.2) is 0 Å². The van der Waals surface area contributed by atoms with Crippen molar-refractivity contribution in [2.24, 2.45) is 15.4 Å². The summed E-state index contributed by atoms with van der Waals surface area (Å²) >= 11 is 0. The second kappa shape index (κ2) is 11.2. The molecule has 0 amide bonds. The van der Waals surface area contributed by atoms with Crippen molar-refractivity contribution in [1.29, 1.82) is 0 Å². The maximum atomic E-state index is 4.55. The van der Waals surface area contributed by atoms with Gasteiger partial charge in [0.25, 0.3) is 0 Å². The average molecular weight is 315 g/mol. The van der Waals surface area contributed by atoms with E-state index < -0.39 is 0 Å². The summed E-state index contributed by atoms with van der Waals surface area (Å²) in [6, 6.07) is 8.47. The molecule has 0 saturated heterocycles. The molecule has 0 N–H and O–H groups in total. The highest BCUT2D eigenvalue weighted by Crippen LogP contribution is 2.25. The van der Waals surface area contributed by atoms with E-state index in [1.165, 1.54) is 49.7 Å². The van der Waals surface area contributed by atoms with Gasteiger partial charge in [0, 0.05) is 25.5 Å². The first-order valence-corrected chi connectivity index (χ1v) is 9.17. The Balaban J connectivity index is 2.32. The molecule has 0 radical (unpaired) electrons. The van der Waals surface area contributed by atoms with E-state index in [9.17, 15) is 0 Å². The van der Waals surface area contributed by atoms with Gasteiger partial charge in [0.05, 0.1) is 0 Å². The van der Waals surface area contributed by atoms with E-state index >= 15 is 0 Å². The molecule has 0 atom stereocenters. The second-order valence-corrected chi connectivity index (χ2v) is 7.07. The van der Waals surface area contributed by atoms with Crippen LogP contribution < -0.4 is 0 Å². The molecule has 128 valence electrons. The molecule has 0 aromatic heterocycles. The van der Waals surface area contributed by atoms with Crippen molar-refractivity contribution in [2.45, 2.75) is 66.2 Å². The van der Waals surface area contributed by atoms with Gasteiger partial charge in [-0.1, -0.05) is 71.2 Å². The lowest BCUT2D eigenvalue weighted by Crippen LogP contribution is -2.09. The Morgan fingerprint density at radius 1 is 0.826 bits per heavy atom. The van der Waals surface area contributed by atoms with Gasteiger partial charge in [-0.3, -0.25) is 9.98 Å². The summed E-state index contributed by atoms with van der Waals surface area (Å²) in [5.41, 5.74) is 2.79. The van der Waals surface area contributed by atoms with Crippen LogP contribution in [0.3, 0.4) is 0 Å². The first kappa shape index (κ1) is 19.6. The maximum absolute atomic E-state index is 4.55. The van der Waals surface area contributed by atoms with Crippen molar-refractivity contribution in [3.8, 4) is 0 Å². The van der Waals surface area contributed by atoms with E-state index in [2.05, 4.69) is 61.9 Å². The molecule has 2 heteroatoms. The minimum absolute atomic E-state index is 0.452. The molecule has 1 aromatic rings. The van der Waals surface area contributed by atoms with Gasteiger partial charge < -0.3 is 0 Å². The van der Waals surface area contributed by atoms with Crippen molar-refractivity contribution in [3.63, 3.8) is 0 Å². The topological polar surface area (TPSA) is 24.7 Å². The van der Waals surface area contributed by atoms with Crippen molar-refractivity contribution in [1.82, 2.24) is 0 Å². The molecule has 2 nitrogen and oxygen atoms in total. The van der Waals surface area contributed by atoms with Crippen molar-refractivity contribution < 1.29 is 0 Å². The summed E-state index contributed by atoms with van der Waals surface area (Å²) < 4.78 is 0. The fraction of sp³-hybridized carbons (Fsp3) is 0.619. The summed E-state index contributed by atoms with van der Waals surface area (Å²) in [6.07, 6.45) is 11.3. The van der Waals surface area contributed by atoms with E-state index in [1.54, 1.807) is 0 Å². The van der Waals surface area contributed by atoms with Crippen LogP contribution in [0.15, 0.2) is 34.3 Å². The Hall–Kier alpha value is -1.44. The number of hydrogen-bond donors (Lipinski definition) is 0. The number of hydrogen-bond acceptors (Lipinski definition) is 2. The molecule has 1 aromatic carbocycles. The largest absolute Gasteiger partial charge is 0.293 e. The van der Waals surface area contributed by atoms with Crippen LogP contribution in [0.4, 0.5) is 0 Å². The molecule has 0 aliphatic heterocycles. The first-order valence-electron chi connectivity index (χ1n) is 9.17. The van der Waals surface area contributed by atoms with E-state index in [0.717, 1.165) is 13.1 Å². The summed E-state index contributed by atoms with van der Waals surface area (Å²) in [5.74, 6) is 0. The zero-order valence-corrected chi connectivity index (χ0v) is 15.5. The smallest absolute Gasteiger partial charge is 0.0389 e. The molecule has 23 heavy (non-hydrogen) atoms. The quantitative estimate of drug-likeness (QED) is 0.357. The number of benzene rings is 1. The van der Waals surface area contributed by atoms with Crippen LogP contribution in [0.2, 0.25) is 0 Å². The van der Waals surface area contributed by atoms with Crippen LogP contribution >= 0.6 is 0 Å². The third-order valence-corrected chi connectivity index (χ3v) is 4.41. The SMILES string of the molecule is CCCCC/N=C/c1ccc(/C=N/CCCC(C)(C)CC)cc1. The lowest BCUT2D eigenvalue weighted by atomic mass is 9.85. The molecule has 0 spiro atoms. The molecule has 0 aliphatic rings. The zero-order valence-electron chi connectivity index (χ0n) is 15.5. The molecule has 0 saturated carbocycles. The fourth-order valence-corrected chi connectivity index (χ4v) is 2.29. The van der Waals surface area contributed by atoms with Crippen molar-refractivity contribution in [2.75, 3.05) is 13.1 Å². The molecule has 1 rings (SSSR count). The number of unbranched alkanes of at least 4 members (excludes halogenated alkanes) is 2. The Morgan fingerprint density at radius 3 is 1.83 bits per heavy atom. The summed E-state index contributed by atoms with van der Waals surface area (Å²) in [4.78, 5) is 9.01. The minimum Gasteiger partial charge on any atom is -0.293 e. The summed E-state index contributed by atoms with van der Waals surface area (Å²) in [7, 11) is 0. The van der Waals surface area contributed by atoms with Gasteiger partial charge in [0.1, 0.15) is 0 Å². The number of aliphatic imine (C=N–C) groups is 2. The normalized spacial score (nSPS) is 12.5. The van der Waals surface area contributed by atoms with Gasteiger partial charge >= 0.3 is 0 Å². The van der Waals surface area contributed by atoms with Crippen LogP contribution in [0.25, 0.3) is 0 Å². The third-order valence-electron chi connectivity index (χ3n) is 4.41. The average Bonchev–Trinajstić information content (AvgIpc) is 2.55. The third kappa shape index (κ3) is 9.32. The molecule has 0 unspecified atom stereocenters. The Bertz CT molecular complexity index is 469. The Kier molecular flexibility index (Phi) is 9.51. The predicted octanol–water partition coefficient (Wildman–Crippen LogP) is 5.93. The van der Waals surface area contributed by atoms with Crippen LogP contribution in [0, 0.1) is 5.41 Å². The molecular formula is C21H34N2. The summed E-state index contributed by atoms with van der Waals surface area (Å²) in [5, 5.41) is 0. The Labute approximate surface area is 143 Å². The van der Waals surface area contributed by atoms with Crippen LogP contribution in [-0.4, -0.2) is 25.5 Å². The monoisotopic (exact) mass is 314 g/mol. The molecule has 0 fully saturated rings. The van der Waals surface area contributed by atoms with Crippen molar-refractivity contribution in [3.05, 3.63) is 35.4 Å². The Morgan fingerprint density at radius 2 is 1.35 bits per heavy atom. The number of rotatable bonds is 11. The zero-order chi connectivity index (χ0) is 17.0. The maximum Gasteiger partial charge on any atom is 0.0389 e. The van der Waals surface area contributed by atoms with Gasteiger partial charge in [0.15, 0.2) is 0 Å². The summed E-state index contributed by atoms with van der Waals surface area (Å²) in [6.45, 7) is 11.0.